The van der Waals surface area contributed by atoms with Crippen molar-refractivity contribution >= 4 is 11.6 Å². The Hall–Kier alpha value is -3.31. The minimum atomic E-state index is -0.647. The summed E-state index contributed by atoms with van der Waals surface area (Å²) in [5.41, 5.74) is 15.8. The monoisotopic (exact) mass is 483 g/mol. The third kappa shape index (κ3) is 4.85. The van der Waals surface area contributed by atoms with Crippen LogP contribution in [0.25, 0.3) is 0 Å². The lowest BCUT2D eigenvalue weighted by Gasteiger charge is -2.29. The van der Waals surface area contributed by atoms with Crippen LogP contribution in [-0.4, -0.2) is 23.6 Å². The van der Waals surface area contributed by atoms with Gasteiger partial charge >= 0.3 is 0 Å². The predicted molar refractivity (Wildman–Crippen MR) is 145 cm³/mol. The van der Waals surface area contributed by atoms with Gasteiger partial charge in [-0.15, -0.1) is 0 Å². The summed E-state index contributed by atoms with van der Waals surface area (Å²) in [4.78, 5) is 13.1. The topological polar surface area (TPSA) is 87.4 Å². The number of rotatable bonds is 6. The minimum absolute atomic E-state index is 0.0556. The van der Waals surface area contributed by atoms with Crippen LogP contribution >= 0.6 is 0 Å². The third-order valence-corrected chi connectivity index (χ3v) is 8.23. The average Bonchev–Trinajstić information content (AvgIpc) is 3.16. The second-order valence-electron chi connectivity index (χ2n) is 10.7. The third-order valence-electron chi connectivity index (χ3n) is 8.23. The number of aromatic hydroxyl groups is 1. The van der Waals surface area contributed by atoms with E-state index >= 15 is 0 Å². The molecule has 0 saturated heterocycles. The lowest BCUT2D eigenvalue weighted by molar-refractivity contribution is -0.123. The maximum absolute atomic E-state index is 13.1. The maximum atomic E-state index is 13.1. The van der Waals surface area contributed by atoms with Gasteiger partial charge < -0.3 is 21.5 Å². The van der Waals surface area contributed by atoms with E-state index < -0.39 is 6.04 Å². The summed E-state index contributed by atoms with van der Waals surface area (Å²) in [7, 11) is 0. The number of nitrogens with one attached hydrogen (secondary N) is 2. The average molecular weight is 484 g/mol. The number of carbonyl (C=O) groups is 1. The number of anilines is 1. The zero-order chi connectivity index (χ0) is 25.4. The molecule has 3 aromatic rings. The fraction of sp³-hybridized carbons (Fsp3) is 0.387. The van der Waals surface area contributed by atoms with Gasteiger partial charge in [-0.2, -0.15) is 0 Å². The van der Waals surface area contributed by atoms with Crippen molar-refractivity contribution in [2.75, 3.05) is 11.9 Å². The molecule has 0 saturated carbocycles. The van der Waals surface area contributed by atoms with Gasteiger partial charge in [0.1, 0.15) is 5.75 Å². The Labute approximate surface area is 214 Å². The first-order valence-corrected chi connectivity index (χ1v) is 13.1. The number of nitrogens with two attached hydrogens (primary N) is 1. The molecule has 5 rings (SSSR count). The summed E-state index contributed by atoms with van der Waals surface area (Å²) in [6.07, 6.45) is 3.43. The largest absolute Gasteiger partial charge is 0.508 e. The normalized spacial score (nSPS) is 21.3. The van der Waals surface area contributed by atoms with E-state index in [0.29, 0.717) is 18.3 Å². The van der Waals surface area contributed by atoms with Crippen LogP contribution in [0, 0.1) is 19.8 Å². The molecule has 0 fully saturated rings. The van der Waals surface area contributed by atoms with Gasteiger partial charge in [0, 0.05) is 12.2 Å². The molecular formula is C31H37N3O2. The molecule has 0 bridgehead atoms. The van der Waals surface area contributed by atoms with Crippen molar-refractivity contribution in [2.24, 2.45) is 11.7 Å². The SMILES string of the molecule is Cc1cc(O)cc(C)c1CC(N)C(=O)NC1CCNc2ccc(CC3Cc4ccccc4C3C)cc21. The Balaban J connectivity index is 1.28. The van der Waals surface area contributed by atoms with Gasteiger partial charge in [0.05, 0.1) is 12.1 Å². The molecule has 1 aliphatic carbocycles. The fourth-order valence-electron chi connectivity index (χ4n) is 6.16. The van der Waals surface area contributed by atoms with Crippen LogP contribution in [0.5, 0.6) is 5.75 Å². The molecular weight excluding hydrogens is 446 g/mol. The summed E-state index contributed by atoms with van der Waals surface area (Å²) in [6, 6.07) is 18.2. The van der Waals surface area contributed by atoms with Crippen molar-refractivity contribution in [1.29, 1.82) is 0 Å². The van der Waals surface area contributed by atoms with Crippen LogP contribution < -0.4 is 16.4 Å². The summed E-state index contributed by atoms with van der Waals surface area (Å²) in [5, 5.41) is 16.6. The quantitative estimate of drug-likeness (QED) is 0.394. The van der Waals surface area contributed by atoms with Gasteiger partial charge in [0.25, 0.3) is 0 Å². The second kappa shape index (κ2) is 9.98. The molecule has 5 N–H and O–H groups in total. The first-order chi connectivity index (χ1) is 17.3. The predicted octanol–water partition coefficient (Wildman–Crippen LogP) is 5.07. The van der Waals surface area contributed by atoms with Crippen LogP contribution in [0.15, 0.2) is 54.6 Å². The number of benzene rings is 3. The number of carbonyl (C=O) groups excluding carboxylic acids is 1. The molecule has 0 radical (unpaired) electrons. The van der Waals surface area contributed by atoms with E-state index in [2.05, 4.69) is 60.0 Å². The van der Waals surface area contributed by atoms with Crippen molar-refractivity contribution in [3.63, 3.8) is 0 Å². The summed E-state index contributed by atoms with van der Waals surface area (Å²) >= 11 is 0. The van der Waals surface area contributed by atoms with Crippen LogP contribution in [0.1, 0.15) is 64.2 Å². The lowest BCUT2D eigenvalue weighted by Crippen LogP contribution is -2.44. The summed E-state index contributed by atoms with van der Waals surface area (Å²) < 4.78 is 0. The number of phenolic OH excluding ortho intramolecular Hbond substituents is 1. The van der Waals surface area contributed by atoms with E-state index in [-0.39, 0.29) is 17.7 Å². The van der Waals surface area contributed by atoms with E-state index in [9.17, 15) is 9.90 Å². The van der Waals surface area contributed by atoms with Gasteiger partial charge in [-0.1, -0.05) is 43.3 Å². The Morgan fingerprint density at radius 1 is 1.11 bits per heavy atom. The zero-order valence-electron chi connectivity index (χ0n) is 21.5. The smallest absolute Gasteiger partial charge is 0.237 e. The number of hydrogen-bond donors (Lipinski definition) is 4. The molecule has 4 unspecified atom stereocenters. The maximum Gasteiger partial charge on any atom is 0.237 e. The Morgan fingerprint density at radius 3 is 2.61 bits per heavy atom. The van der Waals surface area contributed by atoms with E-state index in [1.54, 1.807) is 12.1 Å². The number of aryl methyl sites for hydroxylation is 2. The number of amides is 1. The highest BCUT2D eigenvalue weighted by Crippen LogP contribution is 2.40. The zero-order valence-corrected chi connectivity index (χ0v) is 21.5. The Kier molecular flexibility index (Phi) is 6.76. The van der Waals surface area contributed by atoms with Crippen molar-refractivity contribution in [1.82, 2.24) is 5.32 Å². The fourth-order valence-corrected chi connectivity index (χ4v) is 6.16. The van der Waals surface area contributed by atoms with Crippen LogP contribution in [0.3, 0.4) is 0 Å². The van der Waals surface area contributed by atoms with Crippen LogP contribution in [0.2, 0.25) is 0 Å². The van der Waals surface area contributed by atoms with Crippen molar-refractivity contribution < 1.29 is 9.90 Å². The lowest BCUT2D eigenvalue weighted by atomic mass is 9.87. The van der Waals surface area contributed by atoms with Gasteiger partial charge in [-0.3, -0.25) is 4.79 Å². The van der Waals surface area contributed by atoms with Gasteiger partial charge in [-0.25, -0.2) is 0 Å². The summed E-state index contributed by atoms with van der Waals surface area (Å²) in [5.74, 6) is 1.25. The van der Waals surface area contributed by atoms with E-state index in [0.717, 1.165) is 53.7 Å². The molecule has 5 heteroatoms. The highest BCUT2D eigenvalue weighted by atomic mass is 16.3. The second-order valence-corrected chi connectivity index (χ2v) is 10.7. The Morgan fingerprint density at radius 2 is 1.86 bits per heavy atom. The molecule has 4 atom stereocenters. The van der Waals surface area contributed by atoms with E-state index in [1.807, 2.05) is 13.8 Å². The van der Waals surface area contributed by atoms with Gasteiger partial charge in [0.15, 0.2) is 0 Å². The molecule has 188 valence electrons. The molecule has 1 aliphatic heterocycles. The number of fused-ring (bicyclic) bond motifs is 2. The van der Waals surface area contributed by atoms with Crippen molar-refractivity contribution in [2.45, 2.75) is 64.5 Å². The van der Waals surface area contributed by atoms with Crippen LogP contribution in [-0.2, 0) is 24.1 Å². The molecule has 1 heterocycles. The standard InChI is InChI=1S/C31H37N3O2/c1-18-12-24(35)13-19(2)26(18)17-28(32)31(36)34-30-10-11-33-29-9-8-21(15-27(29)30)14-23-16-22-6-4-5-7-25(22)20(23)3/h4-9,12-13,15,20,23,28,30,33,35H,10-11,14,16-17,32H2,1-3H3,(H,34,36). The molecule has 36 heavy (non-hydrogen) atoms. The molecule has 0 spiro atoms. The molecule has 5 nitrogen and oxygen atoms in total. The molecule has 3 aromatic carbocycles. The van der Waals surface area contributed by atoms with Gasteiger partial charge in [0.2, 0.25) is 5.91 Å². The molecule has 2 aliphatic rings. The minimum Gasteiger partial charge on any atom is -0.508 e. The number of phenols is 1. The number of hydrogen-bond acceptors (Lipinski definition) is 4. The highest BCUT2D eigenvalue weighted by Gasteiger charge is 2.30. The van der Waals surface area contributed by atoms with Gasteiger partial charge in [-0.05, 0) is 109 Å². The summed E-state index contributed by atoms with van der Waals surface area (Å²) in [6.45, 7) is 7.05. The Bertz CT molecular complexity index is 1260. The van der Waals surface area contributed by atoms with E-state index in [1.165, 1.54) is 16.7 Å². The van der Waals surface area contributed by atoms with Crippen molar-refractivity contribution in [3.8, 4) is 5.75 Å². The first-order valence-electron chi connectivity index (χ1n) is 13.1. The van der Waals surface area contributed by atoms with Crippen LogP contribution in [0.4, 0.5) is 5.69 Å². The van der Waals surface area contributed by atoms with E-state index in [4.69, 9.17) is 5.73 Å². The highest BCUT2D eigenvalue weighted by molar-refractivity contribution is 5.82. The first kappa shape index (κ1) is 24.4. The molecule has 0 aromatic heterocycles. The van der Waals surface area contributed by atoms with Crippen molar-refractivity contribution in [3.05, 3.63) is 93.5 Å². The molecule has 1 amide bonds.